The number of benzene rings is 3. The Morgan fingerprint density at radius 3 is 2.27 bits per heavy atom. The number of piperidine rings is 1. The van der Waals surface area contributed by atoms with Crippen molar-refractivity contribution < 1.29 is 28.5 Å². The van der Waals surface area contributed by atoms with Crippen LogP contribution < -0.4 is 4.74 Å². The Morgan fingerprint density at radius 1 is 1.03 bits per heavy atom. The summed E-state index contributed by atoms with van der Waals surface area (Å²) >= 11 is 0. The first-order chi connectivity index (χ1) is 18.0. The number of aliphatic hydroxyl groups is 1. The summed E-state index contributed by atoms with van der Waals surface area (Å²) in [6.45, 7) is 3.03. The zero-order chi connectivity index (χ0) is 25.6. The summed E-state index contributed by atoms with van der Waals surface area (Å²) in [5.41, 5.74) is 3.73. The van der Waals surface area contributed by atoms with Crippen molar-refractivity contribution in [3.05, 3.63) is 89.2 Å². The van der Waals surface area contributed by atoms with Crippen LogP contribution in [0.25, 0.3) is 11.1 Å². The summed E-state index contributed by atoms with van der Waals surface area (Å²) in [6, 6.07) is 19.9. The predicted octanol–water partition coefficient (Wildman–Crippen LogP) is 5.22. The van der Waals surface area contributed by atoms with Crippen LogP contribution in [0.1, 0.15) is 42.4 Å². The maximum absolute atomic E-state index is 14.2. The molecule has 2 saturated heterocycles. The van der Waals surface area contributed by atoms with Gasteiger partial charge in [0.2, 0.25) is 0 Å². The summed E-state index contributed by atoms with van der Waals surface area (Å²) in [5, 5.41) is 11.7. The lowest BCUT2D eigenvalue weighted by Crippen LogP contribution is -2.62. The first-order valence-corrected chi connectivity index (χ1v) is 12.8. The SMILES string of the molecule is CCOc1ccc(F)cc1C1(O)CC2COCC(C1)N2C(=O)OCC1c2ccccc2-c2ccccc21. The summed E-state index contributed by atoms with van der Waals surface area (Å²) in [5.74, 6) is -0.0116. The minimum absolute atomic E-state index is 0.0322. The lowest BCUT2D eigenvalue weighted by atomic mass is 9.76. The van der Waals surface area contributed by atoms with Crippen LogP contribution in [0, 0.1) is 5.82 Å². The Bertz CT molecular complexity index is 1270. The number of hydrogen-bond acceptors (Lipinski definition) is 5. The first kappa shape index (κ1) is 23.9. The number of carbonyl (C=O) groups is 1. The van der Waals surface area contributed by atoms with Crippen molar-refractivity contribution in [2.24, 2.45) is 0 Å². The van der Waals surface area contributed by atoms with Crippen molar-refractivity contribution >= 4 is 6.09 Å². The lowest BCUT2D eigenvalue weighted by Gasteiger charge is -2.51. The van der Waals surface area contributed by atoms with Crippen LogP contribution in [-0.4, -0.2) is 54.6 Å². The smallest absolute Gasteiger partial charge is 0.410 e. The first-order valence-electron chi connectivity index (χ1n) is 12.8. The molecule has 0 aromatic heterocycles. The molecular weight excluding hydrogens is 473 g/mol. The summed E-state index contributed by atoms with van der Waals surface area (Å²) in [4.78, 5) is 15.2. The zero-order valence-corrected chi connectivity index (χ0v) is 20.7. The van der Waals surface area contributed by atoms with Crippen molar-refractivity contribution in [2.45, 2.75) is 43.4 Å². The Hall–Kier alpha value is -3.42. The van der Waals surface area contributed by atoms with E-state index in [9.17, 15) is 14.3 Å². The van der Waals surface area contributed by atoms with Gasteiger partial charge in [0.05, 0.1) is 37.5 Å². The minimum atomic E-state index is -1.34. The quantitative estimate of drug-likeness (QED) is 0.517. The highest BCUT2D eigenvalue weighted by atomic mass is 19.1. The fraction of sp³-hybridized carbons (Fsp3) is 0.367. The van der Waals surface area contributed by atoms with E-state index in [0.717, 1.165) is 11.1 Å². The predicted molar refractivity (Wildman–Crippen MR) is 136 cm³/mol. The number of halogens is 1. The summed E-state index contributed by atoms with van der Waals surface area (Å²) in [7, 11) is 0. The lowest BCUT2D eigenvalue weighted by molar-refractivity contribution is -0.137. The van der Waals surface area contributed by atoms with Crippen LogP contribution in [0.5, 0.6) is 5.75 Å². The molecule has 2 fully saturated rings. The highest BCUT2D eigenvalue weighted by Gasteiger charge is 2.50. The molecule has 0 spiro atoms. The molecule has 6 nitrogen and oxygen atoms in total. The number of hydrogen-bond donors (Lipinski definition) is 1. The molecule has 1 N–H and O–H groups in total. The van der Waals surface area contributed by atoms with Crippen LogP contribution >= 0.6 is 0 Å². The van der Waals surface area contributed by atoms with E-state index >= 15 is 0 Å². The Kier molecular flexibility index (Phi) is 6.13. The highest BCUT2D eigenvalue weighted by Crippen LogP contribution is 2.46. The maximum atomic E-state index is 14.2. The molecule has 3 aromatic rings. The second-order valence-corrected chi connectivity index (χ2v) is 10.1. The van der Waals surface area contributed by atoms with E-state index in [1.165, 1.54) is 23.3 Å². The van der Waals surface area contributed by atoms with Crippen LogP contribution in [-0.2, 0) is 15.1 Å². The highest BCUT2D eigenvalue weighted by molar-refractivity contribution is 5.79. The van der Waals surface area contributed by atoms with Gasteiger partial charge < -0.3 is 19.3 Å². The van der Waals surface area contributed by atoms with Crippen LogP contribution in [0.15, 0.2) is 66.7 Å². The van der Waals surface area contributed by atoms with Gasteiger partial charge in [0.15, 0.2) is 0 Å². The van der Waals surface area contributed by atoms with E-state index in [1.54, 1.807) is 11.0 Å². The number of carbonyl (C=O) groups excluding carboxylic acids is 1. The number of amides is 1. The second-order valence-electron chi connectivity index (χ2n) is 10.1. The van der Waals surface area contributed by atoms with E-state index in [2.05, 4.69) is 24.3 Å². The second kappa shape index (κ2) is 9.47. The number of nitrogens with zero attached hydrogens (tertiary/aromatic N) is 1. The van der Waals surface area contributed by atoms with Crippen LogP contribution in [0.3, 0.4) is 0 Å². The molecule has 192 valence electrons. The topological polar surface area (TPSA) is 68.2 Å². The molecule has 2 aliphatic heterocycles. The van der Waals surface area contributed by atoms with Crippen LogP contribution in [0.4, 0.5) is 9.18 Å². The fourth-order valence-electron chi connectivity index (χ4n) is 6.31. The third kappa shape index (κ3) is 4.16. The van der Waals surface area contributed by atoms with Gasteiger partial charge in [-0.05, 0) is 47.4 Å². The summed E-state index contributed by atoms with van der Waals surface area (Å²) < 4.78 is 31.6. The fourth-order valence-corrected chi connectivity index (χ4v) is 6.31. The van der Waals surface area contributed by atoms with Crippen molar-refractivity contribution in [1.82, 2.24) is 4.90 Å². The van der Waals surface area contributed by atoms with Crippen molar-refractivity contribution in [2.75, 3.05) is 26.4 Å². The van der Waals surface area contributed by atoms with Gasteiger partial charge >= 0.3 is 6.09 Å². The van der Waals surface area contributed by atoms with Gasteiger partial charge in [-0.2, -0.15) is 0 Å². The van der Waals surface area contributed by atoms with Gasteiger partial charge in [-0.1, -0.05) is 48.5 Å². The zero-order valence-electron chi connectivity index (χ0n) is 20.7. The molecule has 0 saturated carbocycles. The van der Waals surface area contributed by atoms with Crippen LogP contribution in [0.2, 0.25) is 0 Å². The minimum Gasteiger partial charge on any atom is -0.493 e. The summed E-state index contributed by atoms with van der Waals surface area (Å²) in [6.07, 6.45) is 0.000496. The number of rotatable bonds is 5. The Morgan fingerprint density at radius 2 is 1.65 bits per heavy atom. The molecule has 1 amide bonds. The van der Waals surface area contributed by atoms with Gasteiger partial charge in [-0.25, -0.2) is 9.18 Å². The molecule has 3 aromatic carbocycles. The standard InChI is InChI=1S/C30H30FNO5/c1-2-36-28-12-11-19(31)13-27(28)30(34)14-20-16-35-17-21(15-30)32(20)29(33)37-18-26-24-9-5-3-7-22(24)23-8-4-6-10-25(23)26/h3-13,20-21,26,34H,2,14-18H2,1H3. The maximum Gasteiger partial charge on any atom is 0.410 e. The largest absolute Gasteiger partial charge is 0.493 e. The average molecular weight is 504 g/mol. The van der Waals surface area contributed by atoms with Gasteiger partial charge in [0, 0.05) is 24.3 Å². The van der Waals surface area contributed by atoms with Crippen molar-refractivity contribution in [3.8, 4) is 16.9 Å². The molecular formula is C30H30FNO5. The van der Waals surface area contributed by atoms with E-state index in [4.69, 9.17) is 14.2 Å². The van der Waals surface area contributed by atoms with Gasteiger partial charge in [0.1, 0.15) is 18.2 Å². The van der Waals surface area contributed by atoms with E-state index < -0.39 is 29.6 Å². The number of ether oxygens (including phenoxy) is 3. The van der Waals surface area contributed by atoms with Crippen molar-refractivity contribution in [1.29, 1.82) is 0 Å². The molecule has 6 rings (SSSR count). The van der Waals surface area contributed by atoms with E-state index in [-0.39, 0.29) is 38.6 Å². The van der Waals surface area contributed by atoms with E-state index in [1.807, 2.05) is 31.2 Å². The average Bonchev–Trinajstić information content (AvgIpc) is 3.21. The molecule has 37 heavy (non-hydrogen) atoms. The number of morpholine rings is 1. The monoisotopic (exact) mass is 503 g/mol. The van der Waals surface area contributed by atoms with Crippen molar-refractivity contribution in [3.63, 3.8) is 0 Å². The molecule has 2 bridgehead atoms. The molecule has 2 heterocycles. The van der Waals surface area contributed by atoms with Gasteiger partial charge in [0.25, 0.3) is 0 Å². The third-order valence-electron chi connectivity index (χ3n) is 7.84. The van der Waals surface area contributed by atoms with E-state index in [0.29, 0.717) is 17.9 Å². The molecule has 0 radical (unpaired) electrons. The Labute approximate surface area is 215 Å². The third-order valence-corrected chi connectivity index (χ3v) is 7.84. The molecule has 2 atom stereocenters. The number of fused-ring (bicyclic) bond motifs is 5. The molecule has 2 unspecified atom stereocenters. The Balaban J connectivity index is 1.22. The molecule has 1 aliphatic carbocycles. The van der Waals surface area contributed by atoms with Gasteiger partial charge in [-0.15, -0.1) is 0 Å². The normalized spacial score (nSPS) is 24.4. The molecule has 7 heteroatoms. The van der Waals surface area contributed by atoms with Gasteiger partial charge in [-0.3, -0.25) is 4.90 Å². The molecule has 3 aliphatic rings.